The zero-order valence-electron chi connectivity index (χ0n) is 12.3. The summed E-state index contributed by atoms with van der Waals surface area (Å²) in [4.78, 5) is 4.20. The van der Waals surface area contributed by atoms with Crippen LogP contribution in [0.3, 0.4) is 0 Å². The molecule has 4 nitrogen and oxygen atoms in total. The van der Waals surface area contributed by atoms with E-state index >= 15 is 0 Å². The minimum absolute atomic E-state index is 0.656. The molecular formula is C16H23N3O. The molecule has 0 atom stereocenters. The summed E-state index contributed by atoms with van der Waals surface area (Å²) >= 11 is 0. The number of hydrogen-bond donors (Lipinski definition) is 1. The standard InChI is InChI=1S/C16H23N3O/c1-3-7-17-13-15-5-4-6-16(12-15)20-11-10-19-9-8-18-14(19)2/h4-6,8-9,12,17H,3,7,10-11,13H2,1-2H3. The molecule has 0 radical (unpaired) electrons. The average Bonchev–Trinajstić information content (AvgIpc) is 2.85. The lowest BCUT2D eigenvalue weighted by molar-refractivity contribution is 0.296. The molecule has 0 aliphatic rings. The van der Waals surface area contributed by atoms with Crippen molar-refractivity contribution >= 4 is 0 Å². The average molecular weight is 273 g/mol. The van der Waals surface area contributed by atoms with Crippen LogP contribution in [-0.4, -0.2) is 22.7 Å². The SMILES string of the molecule is CCCNCc1cccc(OCCn2ccnc2C)c1. The van der Waals surface area contributed by atoms with Crippen LogP contribution in [0.25, 0.3) is 0 Å². The molecule has 0 bridgehead atoms. The first-order chi connectivity index (χ1) is 9.79. The fourth-order valence-electron chi connectivity index (χ4n) is 2.06. The van der Waals surface area contributed by atoms with Crippen LogP contribution in [0.1, 0.15) is 24.7 Å². The monoisotopic (exact) mass is 273 g/mol. The number of ether oxygens (including phenoxy) is 1. The van der Waals surface area contributed by atoms with E-state index in [2.05, 4.69) is 33.9 Å². The van der Waals surface area contributed by atoms with E-state index in [-0.39, 0.29) is 0 Å². The summed E-state index contributed by atoms with van der Waals surface area (Å²) in [6.07, 6.45) is 4.94. The van der Waals surface area contributed by atoms with E-state index in [1.54, 1.807) is 0 Å². The van der Waals surface area contributed by atoms with E-state index in [9.17, 15) is 0 Å². The Kier molecular flexibility index (Phi) is 5.62. The van der Waals surface area contributed by atoms with Crippen molar-refractivity contribution in [2.75, 3.05) is 13.2 Å². The Morgan fingerprint density at radius 2 is 2.25 bits per heavy atom. The summed E-state index contributed by atoms with van der Waals surface area (Å²) in [7, 11) is 0. The van der Waals surface area contributed by atoms with Gasteiger partial charge in [-0.3, -0.25) is 0 Å². The quantitative estimate of drug-likeness (QED) is 0.752. The first-order valence-electron chi connectivity index (χ1n) is 7.20. The third-order valence-corrected chi connectivity index (χ3v) is 3.18. The van der Waals surface area contributed by atoms with Gasteiger partial charge in [0.05, 0.1) is 6.54 Å². The van der Waals surface area contributed by atoms with Crippen molar-refractivity contribution in [3.63, 3.8) is 0 Å². The van der Waals surface area contributed by atoms with Crippen molar-refractivity contribution in [2.24, 2.45) is 0 Å². The largest absolute Gasteiger partial charge is 0.492 e. The zero-order valence-corrected chi connectivity index (χ0v) is 12.3. The van der Waals surface area contributed by atoms with Crippen molar-refractivity contribution in [3.8, 4) is 5.75 Å². The molecule has 0 amide bonds. The van der Waals surface area contributed by atoms with Crippen molar-refractivity contribution in [2.45, 2.75) is 33.4 Å². The Morgan fingerprint density at radius 3 is 3.00 bits per heavy atom. The smallest absolute Gasteiger partial charge is 0.119 e. The van der Waals surface area contributed by atoms with Crippen LogP contribution in [0.15, 0.2) is 36.7 Å². The number of nitrogens with zero attached hydrogens (tertiary/aromatic N) is 2. The topological polar surface area (TPSA) is 39.1 Å². The highest BCUT2D eigenvalue weighted by atomic mass is 16.5. The molecule has 0 unspecified atom stereocenters. The molecule has 1 N–H and O–H groups in total. The molecular weight excluding hydrogens is 250 g/mol. The number of aromatic nitrogens is 2. The zero-order chi connectivity index (χ0) is 14.2. The Balaban J connectivity index is 1.80. The minimum Gasteiger partial charge on any atom is -0.492 e. The molecule has 0 aliphatic carbocycles. The Labute approximate surface area is 120 Å². The second-order valence-electron chi connectivity index (χ2n) is 4.84. The fourth-order valence-corrected chi connectivity index (χ4v) is 2.06. The van der Waals surface area contributed by atoms with Crippen LogP contribution < -0.4 is 10.1 Å². The molecule has 2 aromatic rings. The van der Waals surface area contributed by atoms with Gasteiger partial charge in [-0.05, 0) is 37.6 Å². The Morgan fingerprint density at radius 1 is 1.35 bits per heavy atom. The molecule has 0 saturated carbocycles. The number of benzene rings is 1. The maximum Gasteiger partial charge on any atom is 0.119 e. The van der Waals surface area contributed by atoms with Gasteiger partial charge < -0.3 is 14.6 Å². The number of imidazole rings is 1. The van der Waals surface area contributed by atoms with Crippen LogP contribution in [-0.2, 0) is 13.1 Å². The number of nitrogens with one attached hydrogen (secondary N) is 1. The van der Waals surface area contributed by atoms with Gasteiger partial charge in [-0.1, -0.05) is 19.1 Å². The predicted molar refractivity (Wildman–Crippen MR) is 80.9 cm³/mol. The van der Waals surface area contributed by atoms with E-state index in [0.717, 1.165) is 37.6 Å². The van der Waals surface area contributed by atoms with E-state index in [1.807, 2.05) is 31.5 Å². The van der Waals surface area contributed by atoms with Crippen LogP contribution in [0.2, 0.25) is 0 Å². The lowest BCUT2D eigenvalue weighted by Crippen LogP contribution is -2.14. The summed E-state index contributed by atoms with van der Waals surface area (Å²) in [5.74, 6) is 1.95. The molecule has 2 rings (SSSR count). The third-order valence-electron chi connectivity index (χ3n) is 3.18. The lowest BCUT2D eigenvalue weighted by Gasteiger charge is -2.10. The second-order valence-corrected chi connectivity index (χ2v) is 4.84. The second kappa shape index (κ2) is 7.70. The minimum atomic E-state index is 0.656. The van der Waals surface area contributed by atoms with Crippen molar-refractivity contribution in [1.82, 2.24) is 14.9 Å². The molecule has 108 valence electrons. The molecule has 0 aliphatic heterocycles. The van der Waals surface area contributed by atoms with Gasteiger partial charge >= 0.3 is 0 Å². The fraction of sp³-hybridized carbons (Fsp3) is 0.438. The van der Waals surface area contributed by atoms with Gasteiger partial charge in [-0.15, -0.1) is 0 Å². The van der Waals surface area contributed by atoms with Crippen LogP contribution in [0.5, 0.6) is 5.75 Å². The van der Waals surface area contributed by atoms with E-state index in [1.165, 1.54) is 5.56 Å². The molecule has 1 heterocycles. The molecule has 0 spiro atoms. The highest BCUT2D eigenvalue weighted by Crippen LogP contribution is 2.13. The van der Waals surface area contributed by atoms with Gasteiger partial charge in [0, 0.05) is 18.9 Å². The number of hydrogen-bond acceptors (Lipinski definition) is 3. The molecule has 1 aromatic carbocycles. The van der Waals surface area contributed by atoms with Gasteiger partial charge in [0.25, 0.3) is 0 Å². The summed E-state index contributed by atoms with van der Waals surface area (Å²) in [6.45, 7) is 7.59. The Bertz CT molecular complexity index is 522. The van der Waals surface area contributed by atoms with Crippen LogP contribution >= 0.6 is 0 Å². The summed E-state index contributed by atoms with van der Waals surface area (Å²) < 4.78 is 7.89. The van der Waals surface area contributed by atoms with E-state index < -0.39 is 0 Å². The van der Waals surface area contributed by atoms with Gasteiger partial charge in [-0.2, -0.15) is 0 Å². The summed E-state index contributed by atoms with van der Waals surface area (Å²) in [5, 5.41) is 3.40. The van der Waals surface area contributed by atoms with Gasteiger partial charge in [-0.25, -0.2) is 4.98 Å². The van der Waals surface area contributed by atoms with E-state index in [4.69, 9.17) is 4.74 Å². The molecule has 0 saturated heterocycles. The molecule has 1 aromatic heterocycles. The van der Waals surface area contributed by atoms with Crippen molar-refractivity contribution in [3.05, 3.63) is 48.0 Å². The molecule has 0 fully saturated rings. The predicted octanol–water partition coefficient (Wildman–Crippen LogP) is 2.77. The maximum atomic E-state index is 5.80. The van der Waals surface area contributed by atoms with Crippen molar-refractivity contribution in [1.29, 1.82) is 0 Å². The van der Waals surface area contributed by atoms with Gasteiger partial charge in [0.1, 0.15) is 18.2 Å². The van der Waals surface area contributed by atoms with Gasteiger partial charge in [0.15, 0.2) is 0 Å². The van der Waals surface area contributed by atoms with E-state index in [0.29, 0.717) is 6.61 Å². The van der Waals surface area contributed by atoms with Crippen LogP contribution in [0.4, 0.5) is 0 Å². The molecule has 20 heavy (non-hydrogen) atoms. The molecule has 4 heteroatoms. The first-order valence-corrected chi connectivity index (χ1v) is 7.20. The summed E-state index contributed by atoms with van der Waals surface area (Å²) in [5.41, 5.74) is 1.26. The number of rotatable bonds is 8. The first kappa shape index (κ1) is 14.6. The lowest BCUT2D eigenvalue weighted by atomic mass is 10.2. The maximum absolute atomic E-state index is 5.80. The van der Waals surface area contributed by atoms with Gasteiger partial charge in [0.2, 0.25) is 0 Å². The summed E-state index contributed by atoms with van der Waals surface area (Å²) in [6, 6.07) is 8.27. The third kappa shape index (κ3) is 4.38. The van der Waals surface area contributed by atoms with Crippen molar-refractivity contribution < 1.29 is 4.74 Å². The van der Waals surface area contributed by atoms with Crippen LogP contribution in [0, 0.1) is 6.92 Å². The Hall–Kier alpha value is -1.81. The highest BCUT2D eigenvalue weighted by Gasteiger charge is 1.99. The number of aryl methyl sites for hydroxylation is 1. The normalized spacial score (nSPS) is 10.7. The highest BCUT2D eigenvalue weighted by molar-refractivity contribution is 5.28.